The Balaban J connectivity index is 1.42. The number of hydrogen-bond acceptors (Lipinski definition) is 9. The Kier molecular flexibility index (Phi) is 5.71. The van der Waals surface area contributed by atoms with Crippen LogP contribution in [0.2, 0.25) is 0 Å². The SMILES string of the molecule is O=c1c(-c2ccc3c(c2)OCCO3)coc2cc(O[C@@H]3C[C@H](CO)[C@H](O)[C@H](O)[C@H]3O)ccc12. The molecule has 2 aliphatic rings. The Labute approximate surface area is 188 Å². The molecule has 9 heteroatoms. The summed E-state index contributed by atoms with van der Waals surface area (Å²) in [7, 11) is 0. The molecule has 4 N–H and O–H groups in total. The van der Waals surface area contributed by atoms with E-state index < -0.39 is 30.3 Å². The van der Waals surface area contributed by atoms with Gasteiger partial charge in [0, 0.05) is 18.6 Å². The summed E-state index contributed by atoms with van der Waals surface area (Å²) in [5.74, 6) is 0.895. The van der Waals surface area contributed by atoms with Crippen LogP contribution in [0.25, 0.3) is 22.1 Å². The van der Waals surface area contributed by atoms with Crippen molar-refractivity contribution in [3.63, 3.8) is 0 Å². The van der Waals surface area contributed by atoms with Gasteiger partial charge < -0.3 is 39.1 Å². The third-order valence-corrected chi connectivity index (χ3v) is 6.22. The average Bonchev–Trinajstić information content (AvgIpc) is 2.84. The maximum Gasteiger partial charge on any atom is 0.200 e. The second-order valence-electron chi connectivity index (χ2n) is 8.30. The van der Waals surface area contributed by atoms with Crippen LogP contribution in [0.4, 0.5) is 0 Å². The zero-order chi connectivity index (χ0) is 23.1. The first kappa shape index (κ1) is 21.7. The van der Waals surface area contributed by atoms with E-state index in [-0.39, 0.29) is 18.5 Å². The van der Waals surface area contributed by atoms with E-state index in [1.165, 1.54) is 12.3 Å². The van der Waals surface area contributed by atoms with Gasteiger partial charge in [0.1, 0.15) is 49.1 Å². The van der Waals surface area contributed by atoms with Gasteiger partial charge in [0.05, 0.1) is 17.1 Å². The van der Waals surface area contributed by atoms with Crippen LogP contribution in [-0.2, 0) is 0 Å². The highest BCUT2D eigenvalue weighted by Gasteiger charge is 2.43. The minimum Gasteiger partial charge on any atom is -0.487 e. The maximum atomic E-state index is 13.1. The zero-order valence-electron chi connectivity index (χ0n) is 17.6. The Morgan fingerprint density at radius 3 is 2.52 bits per heavy atom. The highest BCUT2D eigenvalue weighted by molar-refractivity contribution is 5.83. The molecule has 1 aromatic heterocycles. The van der Waals surface area contributed by atoms with Gasteiger partial charge >= 0.3 is 0 Å². The molecule has 0 amide bonds. The van der Waals surface area contributed by atoms with Crippen LogP contribution >= 0.6 is 0 Å². The van der Waals surface area contributed by atoms with Gasteiger partial charge in [-0.1, -0.05) is 6.07 Å². The average molecular weight is 456 g/mol. The number of fused-ring (bicyclic) bond motifs is 2. The predicted octanol–water partition coefficient (Wildman–Crippen LogP) is 1.07. The van der Waals surface area contributed by atoms with Crippen molar-refractivity contribution < 1.29 is 39.1 Å². The van der Waals surface area contributed by atoms with Crippen LogP contribution in [-0.4, -0.2) is 64.7 Å². The Bertz CT molecular complexity index is 1220. The normalized spacial score (nSPS) is 26.8. The summed E-state index contributed by atoms with van der Waals surface area (Å²) < 4.78 is 22.7. The first-order chi connectivity index (χ1) is 16.0. The summed E-state index contributed by atoms with van der Waals surface area (Å²) in [6.45, 7) is 0.573. The van der Waals surface area contributed by atoms with Gasteiger partial charge in [0.2, 0.25) is 0 Å². The largest absolute Gasteiger partial charge is 0.487 e. The monoisotopic (exact) mass is 456 g/mol. The molecular formula is C24H24O9. The minimum absolute atomic E-state index is 0.154. The van der Waals surface area contributed by atoms with E-state index in [4.69, 9.17) is 18.6 Å². The molecule has 9 nitrogen and oxygen atoms in total. The summed E-state index contributed by atoms with van der Waals surface area (Å²) in [6.07, 6.45) is -3.32. The third kappa shape index (κ3) is 3.93. The van der Waals surface area contributed by atoms with Crippen molar-refractivity contribution in [2.45, 2.75) is 30.8 Å². The number of aliphatic hydroxyl groups excluding tert-OH is 4. The van der Waals surface area contributed by atoms with Crippen LogP contribution < -0.4 is 19.6 Å². The van der Waals surface area contributed by atoms with Gasteiger partial charge in [0.25, 0.3) is 0 Å². The van der Waals surface area contributed by atoms with Crippen LogP contribution in [0.1, 0.15) is 6.42 Å². The molecule has 1 aliphatic heterocycles. The summed E-state index contributed by atoms with van der Waals surface area (Å²) in [5.41, 5.74) is 1.08. The molecule has 5 atom stereocenters. The molecular weight excluding hydrogens is 432 g/mol. The molecule has 2 heterocycles. The van der Waals surface area contributed by atoms with Crippen molar-refractivity contribution in [2.75, 3.05) is 19.8 Å². The molecule has 33 heavy (non-hydrogen) atoms. The zero-order valence-corrected chi connectivity index (χ0v) is 17.6. The number of hydrogen-bond donors (Lipinski definition) is 4. The summed E-state index contributed by atoms with van der Waals surface area (Å²) in [4.78, 5) is 13.1. The first-order valence-electron chi connectivity index (χ1n) is 10.7. The lowest BCUT2D eigenvalue weighted by Gasteiger charge is -2.39. The van der Waals surface area contributed by atoms with E-state index in [2.05, 4.69) is 0 Å². The highest BCUT2D eigenvalue weighted by atomic mass is 16.6. The minimum atomic E-state index is -1.44. The Morgan fingerprint density at radius 1 is 0.939 bits per heavy atom. The predicted molar refractivity (Wildman–Crippen MR) is 117 cm³/mol. The van der Waals surface area contributed by atoms with E-state index in [9.17, 15) is 25.2 Å². The van der Waals surface area contributed by atoms with Crippen LogP contribution in [0, 0.1) is 5.92 Å². The van der Waals surface area contributed by atoms with Crippen molar-refractivity contribution in [3.8, 4) is 28.4 Å². The van der Waals surface area contributed by atoms with E-state index in [1.807, 2.05) is 0 Å². The molecule has 0 unspecified atom stereocenters. The van der Waals surface area contributed by atoms with Gasteiger partial charge in [-0.15, -0.1) is 0 Å². The third-order valence-electron chi connectivity index (χ3n) is 6.22. The fourth-order valence-electron chi connectivity index (χ4n) is 4.35. The second kappa shape index (κ2) is 8.68. The molecule has 2 aromatic carbocycles. The molecule has 0 spiro atoms. The molecule has 0 saturated heterocycles. The van der Waals surface area contributed by atoms with Gasteiger partial charge in [-0.2, -0.15) is 0 Å². The summed E-state index contributed by atoms with van der Waals surface area (Å²) in [6, 6.07) is 9.94. The van der Waals surface area contributed by atoms with Gasteiger partial charge in [-0.05, 0) is 36.2 Å². The second-order valence-corrected chi connectivity index (χ2v) is 8.30. The molecule has 1 fully saturated rings. The lowest BCUT2D eigenvalue weighted by atomic mass is 9.81. The maximum absolute atomic E-state index is 13.1. The van der Waals surface area contributed by atoms with E-state index in [0.29, 0.717) is 52.6 Å². The van der Waals surface area contributed by atoms with E-state index in [1.54, 1.807) is 30.3 Å². The van der Waals surface area contributed by atoms with Gasteiger partial charge in [-0.25, -0.2) is 0 Å². The summed E-state index contributed by atoms with van der Waals surface area (Å²) >= 11 is 0. The van der Waals surface area contributed by atoms with Crippen molar-refractivity contribution >= 4 is 11.0 Å². The highest BCUT2D eigenvalue weighted by Crippen LogP contribution is 2.35. The standard InChI is InChI=1S/C24H24O9/c25-10-13-8-20(23(28)24(29)21(13)26)33-14-2-3-15-18(9-14)32-11-16(22(15)27)12-1-4-17-19(7-12)31-6-5-30-17/h1-4,7,9,11,13,20-21,23-26,28-29H,5-6,8,10H2/t13-,20-,21+,23+,24+/m1/s1. The number of rotatable bonds is 4. The van der Waals surface area contributed by atoms with Crippen LogP contribution in [0.5, 0.6) is 17.2 Å². The quantitative estimate of drug-likeness (QED) is 0.454. The first-order valence-corrected chi connectivity index (χ1v) is 10.7. The van der Waals surface area contributed by atoms with Crippen molar-refractivity contribution in [3.05, 3.63) is 52.9 Å². The molecule has 5 rings (SSSR count). The molecule has 174 valence electrons. The van der Waals surface area contributed by atoms with E-state index >= 15 is 0 Å². The molecule has 3 aromatic rings. The lowest BCUT2D eigenvalue weighted by molar-refractivity contribution is -0.156. The van der Waals surface area contributed by atoms with Gasteiger partial charge in [0.15, 0.2) is 16.9 Å². The fourth-order valence-corrected chi connectivity index (χ4v) is 4.35. The Morgan fingerprint density at radius 2 is 1.73 bits per heavy atom. The fraction of sp³-hybridized carbons (Fsp3) is 0.375. The smallest absolute Gasteiger partial charge is 0.200 e. The molecule has 0 radical (unpaired) electrons. The molecule has 1 aliphatic carbocycles. The van der Waals surface area contributed by atoms with Crippen molar-refractivity contribution in [1.82, 2.24) is 0 Å². The topological polar surface area (TPSA) is 139 Å². The van der Waals surface area contributed by atoms with E-state index in [0.717, 1.165) is 0 Å². The molecule has 0 bridgehead atoms. The Hall–Kier alpha value is -3.11. The van der Waals surface area contributed by atoms with Crippen LogP contribution in [0.15, 0.2) is 51.9 Å². The van der Waals surface area contributed by atoms with Gasteiger partial charge in [-0.3, -0.25) is 4.79 Å². The number of ether oxygens (including phenoxy) is 3. The lowest BCUT2D eigenvalue weighted by Crippen LogP contribution is -2.56. The number of benzene rings is 2. The van der Waals surface area contributed by atoms with Crippen molar-refractivity contribution in [2.24, 2.45) is 5.92 Å². The van der Waals surface area contributed by atoms with Crippen LogP contribution in [0.3, 0.4) is 0 Å². The number of aliphatic hydroxyl groups is 4. The summed E-state index contributed by atoms with van der Waals surface area (Å²) in [5, 5.41) is 40.1. The molecule has 1 saturated carbocycles. The van der Waals surface area contributed by atoms with Crippen molar-refractivity contribution in [1.29, 1.82) is 0 Å².